The monoisotopic (exact) mass is 229 g/mol. The number of halogens is 1. The predicted octanol–water partition coefficient (Wildman–Crippen LogP) is 4.02. The Balaban J connectivity index is 2.63. The number of hydrogen-bond donors (Lipinski definition) is 1. The van der Waals surface area contributed by atoms with Crippen molar-refractivity contribution in [1.29, 1.82) is 0 Å². The highest BCUT2D eigenvalue weighted by Crippen LogP contribution is 2.27. The summed E-state index contributed by atoms with van der Waals surface area (Å²) in [5, 5.41) is 3.75. The molecule has 2 nitrogen and oxygen atoms in total. The summed E-state index contributed by atoms with van der Waals surface area (Å²) in [5.74, 6) is 1.68. The van der Waals surface area contributed by atoms with Gasteiger partial charge in [0.1, 0.15) is 5.76 Å². The molecule has 0 bridgehead atoms. The van der Waals surface area contributed by atoms with Gasteiger partial charge in [0.15, 0.2) is 5.22 Å². The fourth-order valence-electron chi connectivity index (χ4n) is 1.85. The van der Waals surface area contributed by atoms with Crippen molar-refractivity contribution >= 4 is 11.6 Å². The summed E-state index contributed by atoms with van der Waals surface area (Å²) < 4.78 is 5.43. The molecule has 0 aromatic carbocycles. The van der Waals surface area contributed by atoms with E-state index in [1.54, 1.807) is 6.07 Å². The molecule has 0 aliphatic carbocycles. The van der Waals surface area contributed by atoms with Crippen LogP contribution in [0.3, 0.4) is 0 Å². The third kappa shape index (κ3) is 3.54. The van der Waals surface area contributed by atoms with Crippen LogP contribution in [0.2, 0.25) is 5.22 Å². The van der Waals surface area contributed by atoms with Crippen LogP contribution >= 0.6 is 11.6 Å². The molecule has 0 saturated carbocycles. The molecule has 86 valence electrons. The Hall–Kier alpha value is -0.470. The molecule has 1 N–H and O–H groups in total. The van der Waals surface area contributed by atoms with Gasteiger partial charge in [-0.2, -0.15) is 0 Å². The standard InChI is InChI=1S/C12H20ClNO/c1-4-9(5-2)8-10(14-3)11-6-7-12(13)15-11/h6-7,9-10,14H,4-5,8H2,1-3H3. The predicted molar refractivity (Wildman–Crippen MR) is 64.2 cm³/mol. The van der Waals surface area contributed by atoms with Gasteiger partial charge in [-0.05, 0) is 43.1 Å². The van der Waals surface area contributed by atoms with Gasteiger partial charge in [-0.3, -0.25) is 0 Å². The van der Waals surface area contributed by atoms with Crippen LogP contribution in [0.1, 0.15) is 44.9 Å². The summed E-state index contributed by atoms with van der Waals surface area (Å²) >= 11 is 5.77. The molecule has 1 aromatic rings. The zero-order valence-electron chi connectivity index (χ0n) is 9.72. The van der Waals surface area contributed by atoms with Crippen LogP contribution in [0.15, 0.2) is 16.5 Å². The molecule has 0 fully saturated rings. The first-order chi connectivity index (χ1) is 7.21. The quantitative estimate of drug-likeness (QED) is 0.797. The Morgan fingerprint density at radius 3 is 2.40 bits per heavy atom. The van der Waals surface area contributed by atoms with Crippen molar-refractivity contribution in [3.05, 3.63) is 23.1 Å². The van der Waals surface area contributed by atoms with Crippen LogP contribution in [-0.2, 0) is 0 Å². The molecule has 0 amide bonds. The molecule has 3 heteroatoms. The van der Waals surface area contributed by atoms with E-state index in [4.69, 9.17) is 16.0 Å². The number of rotatable bonds is 6. The molecule has 0 aliphatic rings. The first kappa shape index (κ1) is 12.6. The molecule has 15 heavy (non-hydrogen) atoms. The maximum atomic E-state index is 5.77. The molecule has 0 aliphatic heterocycles. The molecule has 0 saturated heterocycles. The molecule has 1 heterocycles. The van der Waals surface area contributed by atoms with E-state index in [0.29, 0.717) is 5.22 Å². The average Bonchev–Trinajstić information content (AvgIpc) is 2.67. The maximum absolute atomic E-state index is 5.77. The lowest BCUT2D eigenvalue weighted by atomic mass is 9.94. The second-order valence-corrected chi connectivity index (χ2v) is 4.27. The van der Waals surface area contributed by atoms with Crippen LogP contribution in [0.25, 0.3) is 0 Å². The summed E-state index contributed by atoms with van der Waals surface area (Å²) in [4.78, 5) is 0. The largest absolute Gasteiger partial charge is 0.448 e. The van der Waals surface area contributed by atoms with Crippen LogP contribution in [-0.4, -0.2) is 7.05 Å². The van der Waals surface area contributed by atoms with Crippen molar-refractivity contribution < 1.29 is 4.42 Å². The minimum atomic E-state index is 0.280. The zero-order chi connectivity index (χ0) is 11.3. The molecule has 1 aromatic heterocycles. The van der Waals surface area contributed by atoms with Gasteiger partial charge in [0.2, 0.25) is 0 Å². The lowest BCUT2D eigenvalue weighted by Crippen LogP contribution is -2.19. The number of furan rings is 1. The Kier molecular flexibility index (Phi) is 5.20. The summed E-state index contributed by atoms with van der Waals surface area (Å²) in [6, 6.07) is 4.03. The lowest BCUT2D eigenvalue weighted by Gasteiger charge is -2.19. The molecular formula is C12H20ClNO. The van der Waals surface area contributed by atoms with Crippen molar-refractivity contribution in [2.45, 2.75) is 39.2 Å². The average molecular weight is 230 g/mol. The van der Waals surface area contributed by atoms with Gasteiger partial charge in [-0.25, -0.2) is 0 Å². The van der Waals surface area contributed by atoms with Crippen LogP contribution < -0.4 is 5.32 Å². The van der Waals surface area contributed by atoms with Gasteiger partial charge >= 0.3 is 0 Å². The summed E-state index contributed by atoms with van der Waals surface area (Å²) in [6.45, 7) is 4.46. The number of hydrogen-bond acceptors (Lipinski definition) is 2. The van der Waals surface area contributed by atoms with E-state index in [0.717, 1.165) is 18.1 Å². The van der Waals surface area contributed by atoms with Gasteiger partial charge in [0.05, 0.1) is 6.04 Å². The summed E-state index contributed by atoms with van der Waals surface area (Å²) in [5.41, 5.74) is 0. The summed E-state index contributed by atoms with van der Waals surface area (Å²) in [7, 11) is 1.96. The van der Waals surface area contributed by atoms with Gasteiger partial charge in [-0.15, -0.1) is 0 Å². The van der Waals surface area contributed by atoms with E-state index in [9.17, 15) is 0 Å². The van der Waals surface area contributed by atoms with Crippen LogP contribution in [0.4, 0.5) is 0 Å². The lowest BCUT2D eigenvalue weighted by molar-refractivity contribution is 0.342. The van der Waals surface area contributed by atoms with Gasteiger partial charge < -0.3 is 9.73 Å². The minimum Gasteiger partial charge on any atom is -0.448 e. The first-order valence-corrected chi connectivity index (χ1v) is 6.01. The summed E-state index contributed by atoms with van der Waals surface area (Å²) in [6.07, 6.45) is 3.53. The molecule has 0 spiro atoms. The third-order valence-corrected chi connectivity index (χ3v) is 3.21. The van der Waals surface area contributed by atoms with Crippen molar-refractivity contribution in [3.8, 4) is 0 Å². The van der Waals surface area contributed by atoms with Crippen LogP contribution in [0.5, 0.6) is 0 Å². The second kappa shape index (κ2) is 6.19. The van der Waals surface area contributed by atoms with Crippen LogP contribution in [0, 0.1) is 5.92 Å². The third-order valence-electron chi connectivity index (χ3n) is 3.01. The van der Waals surface area contributed by atoms with Crippen molar-refractivity contribution in [2.75, 3.05) is 7.05 Å². The van der Waals surface area contributed by atoms with Gasteiger partial charge in [0.25, 0.3) is 0 Å². The highest BCUT2D eigenvalue weighted by atomic mass is 35.5. The topological polar surface area (TPSA) is 25.2 Å². The Morgan fingerprint density at radius 1 is 1.33 bits per heavy atom. The smallest absolute Gasteiger partial charge is 0.193 e. The zero-order valence-corrected chi connectivity index (χ0v) is 10.5. The Morgan fingerprint density at radius 2 is 2.00 bits per heavy atom. The fraction of sp³-hybridized carbons (Fsp3) is 0.667. The Bertz CT molecular complexity index is 281. The molecular weight excluding hydrogens is 210 g/mol. The molecule has 1 rings (SSSR count). The van der Waals surface area contributed by atoms with E-state index in [-0.39, 0.29) is 6.04 Å². The van der Waals surface area contributed by atoms with E-state index in [1.165, 1.54) is 12.8 Å². The van der Waals surface area contributed by atoms with Crippen molar-refractivity contribution in [1.82, 2.24) is 5.32 Å². The molecule has 1 unspecified atom stereocenters. The van der Waals surface area contributed by atoms with Crippen molar-refractivity contribution in [3.63, 3.8) is 0 Å². The SMILES string of the molecule is CCC(CC)CC(NC)c1ccc(Cl)o1. The van der Waals surface area contributed by atoms with Gasteiger partial charge in [0, 0.05) is 0 Å². The minimum absolute atomic E-state index is 0.280. The second-order valence-electron chi connectivity index (χ2n) is 3.90. The van der Waals surface area contributed by atoms with Gasteiger partial charge in [-0.1, -0.05) is 26.7 Å². The van der Waals surface area contributed by atoms with E-state index >= 15 is 0 Å². The van der Waals surface area contributed by atoms with Crippen molar-refractivity contribution in [2.24, 2.45) is 5.92 Å². The Labute approximate surface area is 97.0 Å². The molecule has 1 atom stereocenters. The fourth-order valence-corrected chi connectivity index (χ4v) is 2.00. The maximum Gasteiger partial charge on any atom is 0.193 e. The van der Waals surface area contributed by atoms with E-state index in [1.807, 2.05) is 13.1 Å². The molecule has 0 radical (unpaired) electrons. The highest BCUT2D eigenvalue weighted by Gasteiger charge is 2.17. The van der Waals surface area contributed by atoms with E-state index < -0.39 is 0 Å². The normalized spacial score (nSPS) is 13.4. The highest BCUT2D eigenvalue weighted by molar-refractivity contribution is 6.28. The van der Waals surface area contributed by atoms with E-state index in [2.05, 4.69) is 19.2 Å². The number of nitrogens with one attached hydrogen (secondary N) is 1. The first-order valence-electron chi connectivity index (χ1n) is 5.63.